The average Bonchev–Trinajstić information content (AvgIpc) is 2.45. The zero-order chi connectivity index (χ0) is 20.7. The lowest BCUT2D eigenvalue weighted by atomic mass is 10.1. The second-order valence-corrected chi connectivity index (χ2v) is 8.07. The number of carbonyl (C=O) groups excluding carboxylic acids is 2. The van der Waals surface area contributed by atoms with Gasteiger partial charge in [0, 0.05) is 6.21 Å². The molecule has 1 aromatic carbocycles. The topological polar surface area (TPSA) is 115 Å². The van der Waals surface area contributed by atoms with Gasteiger partial charge < -0.3 is 20.5 Å². The summed E-state index contributed by atoms with van der Waals surface area (Å²) in [7, 11) is 0. The molecular formula is C19H30N4O4. The van der Waals surface area contributed by atoms with Crippen LogP contribution in [-0.2, 0) is 11.2 Å². The molecular weight excluding hydrogens is 348 g/mol. The Morgan fingerprint density at radius 2 is 1.70 bits per heavy atom. The number of nitrogens with zero attached hydrogens (tertiary/aromatic N) is 1. The van der Waals surface area contributed by atoms with E-state index < -0.39 is 23.8 Å². The highest BCUT2D eigenvalue weighted by atomic mass is 16.6. The molecule has 0 bridgehead atoms. The van der Waals surface area contributed by atoms with Gasteiger partial charge >= 0.3 is 12.1 Å². The van der Waals surface area contributed by atoms with E-state index in [1.165, 1.54) is 6.21 Å². The van der Waals surface area contributed by atoms with Crippen LogP contribution in [0.3, 0.4) is 0 Å². The maximum absolute atomic E-state index is 12.0. The number of benzene rings is 1. The Kier molecular flexibility index (Phi) is 7.63. The van der Waals surface area contributed by atoms with Gasteiger partial charge in [0.25, 0.3) is 0 Å². The van der Waals surface area contributed by atoms with E-state index in [0.717, 1.165) is 11.3 Å². The number of rotatable bonds is 6. The van der Waals surface area contributed by atoms with E-state index in [9.17, 15) is 9.59 Å². The van der Waals surface area contributed by atoms with E-state index in [1.807, 2.05) is 45.0 Å². The van der Waals surface area contributed by atoms with Crippen molar-refractivity contribution in [2.75, 3.05) is 0 Å². The van der Waals surface area contributed by atoms with Crippen molar-refractivity contribution >= 4 is 18.3 Å². The van der Waals surface area contributed by atoms with Crippen molar-refractivity contribution in [1.29, 1.82) is 0 Å². The van der Waals surface area contributed by atoms with Gasteiger partial charge in [-0.1, -0.05) is 12.1 Å². The summed E-state index contributed by atoms with van der Waals surface area (Å²) in [6.07, 6.45) is 1.26. The lowest BCUT2D eigenvalue weighted by Gasteiger charge is -2.23. The van der Waals surface area contributed by atoms with Crippen LogP contribution in [0.2, 0.25) is 0 Å². The van der Waals surface area contributed by atoms with Gasteiger partial charge in [-0.15, -0.1) is 0 Å². The first-order valence-electron chi connectivity index (χ1n) is 8.70. The van der Waals surface area contributed by atoms with Gasteiger partial charge in [-0.05, 0) is 65.7 Å². The van der Waals surface area contributed by atoms with Crippen molar-refractivity contribution in [2.45, 2.75) is 65.2 Å². The number of carbonyl (C=O) groups is 2. The highest BCUT2D eigenvalue weighted by Crippen LogP contribution is 2.19. The van der Waals surface area contributed by atoms with Gasteiger partial charge in [-0.3, -0.25) is 0 Å². The minimum Gasteiger partial charge on any atom is -0.488 e. The van der Waals surface area contributed by atoms with E-state index in [0.29, 0.717) is 6.42 Å². The highest BCUT2D eigenvalue weighted by Gasteiger charge is 2.19. The molecule has 0 saturated heterocycles. The van der Waals surface area contributed by atoms with Crippen molar-refractivity contribution in [3.8, 4) is 5.75 Å². The number of hydrogen-bond acceptors (Lipinski definition) is 5. The van der Waals surface area contributed by atoms with Crippen LogP contribution >= 0.6 is 0 Å². The summed E-state index contributed by atoms with van der Waals surface area (Å²) >= 11 is 0. The molecule has 8 heteroatoms. The summed E-state index contributed by atoms with van der Waals surface area (Å²) in [5.41, 5.74) is 7.15. The molecule has 0 fully saturated rings. The minimum absolute atomic E-state index is 0.282. The maximum atomic E-state index is 12.0. The predicted octanol–water partition coefficient (Wildman–Crippen LogP) is 2.95. The molecule has 0 aliphatic rings. The molecule has 3 amide bonds. The van der Waals surface area contributed by atoms with Gasteiger partial charge in [-0.2, -0.15) is 5.10 Å². The monoisotopic (exact) mass is 378 g/mol. The fraction of sp³-hybridized carbons (Fsp3) is 0.526. The quantitative estimate of drug-likeness (QED) is 0.521. The van der Waals surface area contributed by atoms with Crippen LogP contribution in [0.4, 0.5) is 9.59 Å². The molecule has 1 aromatic rings. The molecule has 0 aliphatic carbocycles. The number of alkyl carbamates (subject to hydrolysis) is 1. The number of ether oxygens (including phenoxy) is 2. The van der Waals surface area contributed by atoms with Crippen LogP contribution in [0.1, 0.15) is 47.1 Å². The van der Waals surface area contributed by atoms with Crippen LogP contribution < -0.4 is 21.2 Å². The van der Waals surface area contributed by atoms with E-state index >= 15 is 0 Å². The first-order valence-corrected chi connectivity index (χ1v) is 8.70. The Labute approximate surface area is 160 Å². The molecule has 0 unspecified atom stereocenters. The average molecular weight is 378 g/mol. The van der Waals surface area contributed by atoms with Crippen LogP contribution in [0, 0.1) is 0 Å². The van der Waals surface area contributed by atoms with Crippen molar-refractivity contribution in [3.05, 3.63) is 29.8 Å². The number of urea groups is 1. The summed E-state index contributed by atoms with van der Waals surface area (Å²) in [5.74, 6) is 0.756. The fourth-order valence-corrected chi connectivity index (χ4v) is 2.09. The van der Waals surface area contributed by atoms with Crippen molar-refractivity contribution in [3.63, 3.8) is 0 Å². The molecule has 4 N–H and O–H groups in total. The standard InChI is InChI=1S/C19H30N4O4/c1-18(2,3)26-15-9-7-13(8-10-15)11-14(12-21-23-16(20)24)22-17(25)27-19(4,5)6/h7-10,12,14H,11H2,1-6H3,(H,22,25)(H3,20,23,24)/b21-12+/t14-/m0/s1. The Bertz CT molecular complexity index is 658. The van der Waals surface area contributed by atoms with Crippen molar-refractivity contribution < 1.29 is 19.1 Å². The van der Waals surface area contributed by atoms with E-state index in [2.05, 4.69) is 15.8 Å². The van der Waals surface area contributed by atoms with Crippen LogP contribution in [0.5, 0.6) is 5.75 Å². The normalized spacial score (nSPS) is 13.1. The molecule has 0 saturated carbocycles. The molecule has 0 radical (unpaired) electrons. The van der Waals surface area contributed by atoms with E-state index in [1.54, 1.807) is 20.8 Å². The third kappa shape index (κ3) is 10.7. The SMILES string of the molecule is CC(C)(C)OC(=O)N[C@H](/C=N/NC(N)=O)Cc1ccc(OC(C)(C)C)cc1. The lowest BCUT2D eigenvalue weighted by molar-refractivity contribution is 0.0519. The van der Waals surface area contributed by atoms with Crippen molar-refractivity contribution in [1.82, 2.24) is 10.7 Å². The Hall–Kier alpha value is -2.77. The van der Waals surface area contributed by atoms with Crippen LogP contribution in [0.25, 0.3) is 0 Å². The number of nitrogens with one attached hydrogen (secondary N) is 2. The second kappa shape index (κ2) is 9.25. The first-order chi connectivity index (χ1) is 12.3. The lowest BCUT2D eigenvalue weighted by Crippen LogP contribution is -2.41. The van der Waals surface area contributed by atoms with Crippen LogP contribution in [0.15, 0.2) is 29.4 Å². The van der Waals surface area contributed by atoms with Crippen LogP contribution in [-0.4, -0.2) is 35.6 Å². The summed E-state index contributed by atoms with van der Waals surface area (Å²) in [5, 5.41) is 6.45. The molecule has 0 aromatic heterocycles. The smallest absolute Gasteiger partial charge is 0.408 e. The second-order valence-electron chi connectivity index (χ2n) is 8.07. The Morgan fingerprint density at radius 1 is 1.11 bits per heavy atom. The number of nitrogens with two attached hydrogens (primary N) is 1. The fourth-order valence-electron chi connectivity index (χ4n) is 2.09. The summed E-state index contributed by atoms with van der Waals surface area (Å²) in [4.78, 5) is 22.8. The molecule has 27 heavy (non-hydrogen) atoms. The Balaban J connectivity index is 2.81. The first kappa shape index (κ1) is 22.3. The third-order valence-electron chi connectivity index (χ3n) is 2.93. The number of hydrogen-bond donors (Lipinski definition) is 3. The number of primary amides is 1. The van der Waals surface area contributed by atoms with Gasteiger partial charge in [0.15, 0.2) is 0 Å². The maximum Gasteiger partial charge on any atom is 0.408 e. The summed E-state index contributed by atoms with van der Waals surface area (Å²) < 4.78 is 11.1. The zero-order valence-electron chi connectivity index (χ0n) is 16.8. The Morgan fingerprint density at radius 3 is 2.19 bits per heavy atom. The largest absolute Gasteiger partial charge is 0.488 e. The third-order valence-corrected chi connectivity index (χ3v) is 2.93. The summed E-state index contributed by atoms with van der Waals surface area (Å²) in [6.45, 7) is 11.3. The number of hydrazone groups is 1. The van der Waals surface area contributed by atoms with Gasteiger partial charge in [0.2, 0.25) is 0 Å². The molecule has 1 rings (SSSR count). The van der Waals surface area contributed by atoms with E-state index in [4.69, 9.17) is 15.2 Å². The molecule has 0 heterocycles. The summed E-state index contributed by atoms with van der Waals surface area (Å²) in [6, 6.07) is 6.25. The minimum atomic E-state index is -0.786. The molecule has 150 valence electrons. The van der Waals surface area contributed by atoms with E-state index in [-0.39, 0.29) is 5.60 Å². The van der Waals surface area contributed by atoms with Crippen molar-refractivity contribution in [2.24, 2.45) is 10.8 Å². The highest BCUT2D eigenvalue weighted by molar-refractivity contribution is 5.77. The van der Waals surface area contributed by atoms with Gasteiger partial charge in [-0.25, -0.2) is 15.0 Å². The number of amides is 3. The van der Waals surface area contributed by atoms with Gasteiger partial charge in [0.1, 0.15) is 17.0 Å². The van der Waals surface area contributed by atoms with Gasteiger partial charge in [0.05, 0.1) is 6.04 Å². The zero-order valence-corrected chi connectivity index (χ0v) is 16.8. The molecule has 0 aliphatic heterocycles. The predicted molar refractivity (Wildman–Crippen MR) is 105 cm³/mol. The molecule has 0 spiro atoms. The molecule has 1 atom stereocenters. The molecule has 8 nitrogen and oxygen atoms in total.